The molecule has 8 heteroatoms. The van der Waals surface area contributed by atoms with Crippen molar-refractivity contribution >= 4 is 23.4 Å². The molecule has 0 radical (unpaired) electrons. The molecule has 1 aromatic heterocycles. The van der Waals surface area contributed by atoms with Crippen LogP contribution in [0.15, 0.2) is 30.3 Å². The van der Waals surface area contributed by atoms with Crippen LogP contribution in [-0.2, 0) is 4.74 Å². The summed E-state index contributed by atoms with van der Waals surface area (Å²) < 4.78 is 5.35. The van der Waals surface area contributed by atoms with Crippen molar-refractivity contribution in [2.24, 2.45) is 0 Å². The zero-order valence-corrected chi connectivity index (χ0v) is 14.7. The summed E-state index contributed by atoms with van der Waals surface area (Å²) in [6.07, 6.45) is 0. The number of carboxylic acids is 1. The Balaban J connectivity index is 1.58. The lowest BCUT2D eigenvalue weighted by Gasteiger charge is -2.26. The number of nitrogens with one attached hydrogen (secondary N) is 2. The number of morpholine rings is 1. The normalized spacial score (nSPS) is 14.8. The van der Waals surface area contributed by atoms with Gasteiger partial charge >= 0.3 is 5.97 Å². The molecule has 0 unspecified atom stereocenters. The van der Waals surface area contributed by atoms with Gasteiger partial charge in [0.1, 0.15) is 5.82 Å². The van der Waals surface area contributed by atoms with Crippen LogP contribution in [0.5, 0.6) is 0 Å². The number of aromatic nitrogens is 2. The Morgan fingerprint density at radius 1 is 1.23 bits per heavy atom. The molecule has 8 nitrogen and oxygen atoms in total. The molecule has 1 aliphatic heterocycles. The lowest BCUT2D eigenvalue weighted by atomic mass is 10.2. The topological polar surface area (TPSA) is 99.6 Å². The minimum atomic E-state index is -0.943. The molecule has 2 aromatic rings. The number of carbonyl (C=O) groups is 1. The second-order valence-electron chi connectivity index (χ2n) is 6.11. The summed E-state index contributed by atoms with van der Waals surface area (Å²) in [5.41, 5.74) is 1.87. The van der Waals surface area contributed by atoms with Crippen LogP contribution < -0.4 is 10.6 Å². The van der Waals surface area contributed by atoms with Crippen molar-refractivity contribution in [1.82, 2.24) is 14.9 Å². The van der Waals surface area contributed by atoms with Crippen molar-refractivity contribution in [3.63, 3.8) is 0 Å². The van der Waals surface area contributed by atoms with Crippen LogP contribution in [0, 0.1) is 6.92 Å². The van der Waals surface area contributed by atoms with E-state index in [-0.39, 0.29) is 5.56 Å². The summed E-state index contributed by atoms with van der Waals surface area (Å²) in [6.45, 7) is 7.07. The molecular weight excluding hydrogens is 334 g/mol. The molecule has 0 aliphatic carbocycles. The first kappa shape index (κ1) is 18.1. The SMILES string of the molecule is Cc1cc(Nc2ccc(C(=O)O)cc2)nc(NCCN2CCOCC2)n1. The first-order valence-corrected chi connectivity index (χ1v) is 8.60. The molecule has 138 valence electrons. The highest BCUT2D eigenvalue weighted by Crippen LogP contribution is 2.17. The molecule has 0 bridgehead atoms. The van der Waals surface area contributed by atoms with E-state index in [1.165, 1.54) is 0 Å². The van der Waals surface area contributed by atoms with Crippen molar-refractivity contribution in [2.45, 2.75) is 6.92 Å². The Kier molecular flexibility index (Phi) is 5.98. The average Bonchev–Trinajstić information content (AvgIpc) is 2.62. The third kappa shape index (κ3) is 5.14. The molecule has 0 atom stereocenters. The maximum Gasteiger partial charge on any atom is 0.335 e. The van der Waals surface area contributed by atoms with E-state index in [1.54, 1.807) is 24.3 Å². The summed E-state index contributed by atoms with van der Waals surface area (Å²) in [6, 6.07) is 8.39. The maximum absolute atomic E-state index is 10.9. The van der Waals surface area contributed by atoms with E-state index >= 15 is 0 Å². The molecule has 1 saturated heterocycles. The molecule has 26 heavy (non-hydrogen) atoms. The first-order chi connectivity index (χ1) is 12.6. The number of benzene rings is 1. The Hall–Kier alpha value is -2.71. The number of carboxylic acid groups (broad SMARTS) is 1. The minimum absolute atomic E-state index is 0.250. The molecule has 3 N–H and O–H groups in total. The van der Waals surface area contributed by atoms with Crippen LogP contribution in [0.1, 0.15) is 16.1 Å². The number of anilines is 3. The van der Waals surface area contributed by atoms with Gasteiger partial charge in [-0.05, 0) is 31.2 Å². The summed E-state index contributed by atoms with van der Waals surface area (Å²) in [5, 5.41) is 15.4. The highest BCUT2D eigenvalue weighted by atomic mass is 16.5. The van der Waals surface area contributed by atoms with Gasteiger partial charge in [0.05, 0.1) is 18.8 Å². The zero-order valence-electron chi connectivity index (χ0n) is 14.7. The number of nitrogens with zero attached hydrogens (tertiary/aromatic N) is 3. The third-order valence-corrected chi connectivity index (χ3v) is 4.07. The molecule has 0 spiro atoms. The van der Waals surface area contributed by atoms with Crippen molar-refractivity contribution in [1.29, 1.82) is 0 Å². The van der Waals surface area contributed by atoms with E-state index in [0.717, 1.165) is 50.8 Å². The van der Waals surface area contributed by atoms with Crippen LogP contribution >= 0.6 is 0 Å². The number of hydrogen-bond donors (Lipinski definition) is 3. The summed E-state index contributed by atoms with van der Waals surface area (Å²) in [4.78, 5) is 22.1. The van der Waals surface area contributed by atoms with Crippen molar-refractivity contribution in [3.05, 3.63) is 41.6 Å². The third-order valence-electron chi connectivity index (χ3n) is 4.07. The Morgan fingerprint density at radius 2 is 1.96 bits per heavy atom. The Labute approximate surface area is 152 Å². The Morgan fingerprint density at radius 3 is 2.65 bits per heavy atom. The molecular formula is C18H23N5O3. The molecule has 0 amide bonds. The molecule has 0 saturated carbocycles. The van der Waals surface area contributed by atoms with Gasteiger partial charge in [0.25, 0.3) is 0 Å². The predicted molar refractivity (Wildman–Crippen MR) is 99.2 cm³/mol. The first-order valence-electron chi connectivity index (χ1n) is 8.60. The molecule has 1 fully saturated rings. The van der Waals surface area contributed by atoms with Gasteiger partial charge in [-0.2, -0.15) is 4.98 Å². The van der Waals surface area contributed by atoms with E-state index in [2.05, 4.69) is 25.5 Å². The van der Waals surface area contributed by atoms with Gasteiger partial charge in [0.15, 0.2) is 0 Å². The monoisotopic (exact) mass is 357 g/mol. The second kappa shape index (κ2) is 8.59. The smallest absolute Gasteiger partial charge is 0.335 e. The average molecular weight is 357 g/mol. The highest BCUT2D eigenvalue weighted by Gasteiger charge is 2.10. The van der Waals surface area contributed by atoms with Crippen LogP contribution in [0.2, 0.25) is 0 Å². The second-order valence-corrected chi connectivity index (χ2v) is 6.11. The minimum Gasteiger partial charge on any atom is -0.478 e. The van der Waals surface area contributed by atoms with Crippen LogP contribution in [0.3, 0.4) is 0 Å². The van der Waals surface area contributed by atoms with E-state index in [4.69, 9.17) is 9.84 Å². The van der Waals surface area contributed by atoms with Gasteiger partial charge in [-0.1, -0.05) is 0 Å². The largest absolute Gasteiger partial charge is 0.478 e. The molecule has 2 heterocycles. The van der Waals surface area contributed by atoms with E-state index in [1.807, 2.05) is 13.0 Å². The number of aryl methyl sites for hydroxylation is 1. The summed E-state index contributed by atoms with van der Waals surface area (Å²) in [5.74, 6) is 0.290. The fourth-order valence-corrected chi connectivity index (χ4v) is 2.71. The number of ether oxygens (including phenoxy) is 1. The number of hydrogen-bond acceptors (Lipinski definition) is 7. The van der Waals surface area contributed by atoms with Crippen LogP contribution in [0.25, 0.3) is 0 Å². The van der Waals surface area contributed by atoms with Crippen LogP contribution in [-0.4, -0.2) is 65.3 Å². The van der Waals surface area contributed by atoms with Gasteiger partial charge in [-0.15, -0.1) is 0 Å². The van der Waals surface area contributed by atoms with Gasteiger partial charge in [-0.3, -0.25) is 4.90 Å². The van der Waals surface area contributed by atoms with E-state index in [9.17, 15) is 4.79 Å². The molecule has 1 aliphatic rings. The van der Waals surface area contributed by atoms with Gasteiger partial charge in [-0.25, -0.2) is 9.78 Å². The maximum atomic E-state index is 10.9. The van der Waals surface area contributed by atoms with Gasteiger partial charge in [0, 0.05) is 43.6 Å². The molecule has 1 aromatic carbocycles. The lowest BCUT2D eigenvalue weighted by Crippen LogP contribution is -2.39. The summed E-state index contributed by atoms with van der Waals surface area (Å²) in [7, 11) is 0. The quantitative estimate of drug-likeness (QED) is 0.692. The van der Waals surface area contributed by atoms with Gasteiger partial charge in [0.2, 0.25) is 5.95 Å². The van der Waals surface area contributed by atoms with Crippen molar-refractivity contribution < 1.29 is 14.6 Å². The fourth-order valence-electron chi connectivity index (χ4n) is 2.71. The lowest BCUT2D eigenvalue weighted by molar-refractivity contribution is 0.0398. The van der Waals surface area contributed by atoms with Crippen molar-refractivity contribution in [3.8, 4) is 0 Å². The van der Waals surface area contributed by atoms with Crippen LogP contribution in [0.4, 0.5) is 17.5 Å². The van der Waals surface area contributed by atoms with E-state index < -0.39 is 5.97 Å². The summed E-state index contributed by atoms with van der Waals surface area (Å²) >= 11 is 0. The fraction of sp³-hybridized carbons (Fsp3) is 0.389. The highest BCUT2D eigenvalue weighted by molar-refractivity contribution is 5.88. The molecule has 3 rings (SSSR count). The van der Waals surface area contributed by atoms with Gasteiger partial charge < -0.3 is 20.5 Å². The zero-order chi connectivity index (χ0) is 18.4. The van der Waals surface area contributed by atoms with Crippen molar-refractivity contribution in [2.75, 3.05) is 50.0 Å². The Bertz CT molecular complexity index is 745. The van der Waals surface area contributed by atoms with E-state index in [0.29, 0.717) is 11.8 Å². The number of rotatable bonds is 7. The standard InChI is InChI=1S/C18H23N5O3/c1-13-12-16(21-15-4-2-14(3-5-15)17(24)25)22-18(20-13)19-6-7-23-8-10-26-11-9-23/h2-5,12H,6-11H2,1H3,(H,24,25)(H2,19,20,21,22). The predicted octanol–water partition coefficient (Wildman–Crippen LogP) is 1.97. The number of aromatic carboxylic acids is 1.